The maximum absolute atomic E-state index is 5.97. The molecule has 1 atom stereocenters. The number of nitrogens with zero attached hydrogens (tertiary/aromatic N) is 7. The third kappa shape index (κ3) is 1.96. The lowest BCUT2D eigenvalue weighted by atomic mass is 9.99. The van der Waals surface area contributed by atoms with Crippen LogP contribution in [0, 0.1) is 0 Å². The Morgan fingerprint density at radius 2 is 2.08 bits per heavy atom. The third-order valence-corrected chi connectivity index (χ3v) is 4.58. The first kappa shape index (κ1) is 13.4. The quantitative estimate of drug-likeness (QED) is 0.561. The summed E-state index contributed by atoms with van der Waals surface area (Å²) in [4.78, 5) is 0. The van der Waals surface area contributed by atoms with Crippen LogP contribution in [0.3, 0.4) is 0 Å². The van der Waals surface area contributed by atoms with E-state index in [0.29, 0.717) is 11.8 Å². The van der Waals surface area contributed by atoms with Crippen LogP contribution in [0.1, 0.15) is 24.1 Å². The Morgan fingerprint density at radius 3 is 3.04 bits per heavy atom. The minimum absolute atomic E-state index is 0.185. The predicted octanol–water partition coefficient (Wildman–Crippen LogP) is 1.94. The van der Waals surface area contributed by atoms with Gasteiger partial charge in [-0.25, -0.2) is 0 Å². The summed E-state index contributed by atoms with van der Waals surface area (Å²) in [5.74, 6) is 2.32. The maximum Gasteiger partial charge on any atom is 0.268 e. The average Bonchev–Trinajstić information content (AvgIpc) is 3.32. The molecule has 120 valence electrons. The highest BCUT2D eigenvalue weighted by molar-refractivity contribution is 5.91. The van der Waals surface area contributed by atoms with Gasteiger partial charge in [0.25, 0.3) is 5.89 Å². The van der Waals surface area contributed by atoms with Gasteiger partial charge < -0.3 is 8.98 Å². The van der Waals surface area contributed by atoms with Crippen molar-refractivity contribution in [1.82, 2.24) is 34.7 Å². The lowest BCUT2D eigenvalue weighted by Crippen LogP contribution is -2.18. The van der Waals surface area contributed by atoms with Crippen LogP contribution < -0.4 is 0 Å². The Labute approximate surface area is 137 Å². The molecule has 8 nitrogen and oxygen atoms in total. The molecule has 8 heteroatoms. The highest BCUT2D eigenvalue weighted by Gasteiger charge is 2.26. The van der Waals surface area contributed by atoms with Crippen molar-refractivity contribution in [2.45, 2.75) is 25.3 Å². The molecule has 0 aliphatic carbocycles. The second-order valence-electron chi connectivity index (χ2n) is 6.07. The lowest BCUT2D eigenvalue weighted by Gasteiger charge is -2.19. The number of aromatic nitrogens is 7. The van der Waals surface area contributed by atoms with Crippen molar-refractivity contribution in [3.05, 3.63) is 42.3 Å². The molecule has 0 saturated heterocycles. The molecule has 24 heavy (non-hydrogen) atoms. The lowest BCUT2D eigenvalue weighted by molar-refractivity contribution is 0.372. The first-order chi connectivity index (χ1) is 11.8. The zero-order valence-electron chi connectivity index (χ0n) is 13.1. The van der Waals surface area contributed by atoms with Crippen LogP contribution in [-0.2, 0) is 20.0 Å². The van der Waals surface area contributed by atoms with Crippen molar-refractivity contribution in [3.63, 3.8) is 0 Å². The van der Waals surface area contributed by atoms with Crippen LogP contribution in [0.4, 0.5) is 0 Å². The van der Waals surface area contributed by atoms with Gasteiger partial charge in [0.2, 0.25) is 5.89 Å². The van der Waals surface area contributed by atoms with E-state index in [-0.39, 0.29) is 5.92 Å². The summed E-state index contributed by atoms with van der Waals surface area (Å²) in [6.45, 7) is 0.771. The first-order valence-electron chi connectivity index (χ1n) is 7.92. The van der Waals surface area contributed by atoms with Crippen molar-refractivity contribution in [1.29, 1.82) is 0 Å². The second kappa shape index (κ2) is 4.98. The fraction of sp³-hybridized carbons (Fsp3) is 0.312. The van der Waals surface area contributed by atoms with Gasteiger partial charge in [-0.05, 0) is 12.5 Å². The fourth-order valence-corrected chi connectivity index (χ4v) is 3.33. The molecule has 0 fully saturated rings. The molecule has 4 aromatic rings. The Hall–Kier alpha value is -3.03. The standard InChI is InChI=1S/C16H15N7O/c1-22-12-5-3-2-4-11(12)14(21-22)16-20-19-15(24-16)10-6-7-13-18-17-9-23(13)8-10/h2-5,9-10H,6-8H2,1H3. The molecule has 1 aromatic carbocycles. The minimum Gasteiger partial charge on any atom is -0.419 e. The van der Waals surface area contributed by atoms with Gasteiger partial charge >= 0.3 is 0 Å². The van der Waals surface area contributed by atoms with E-state index >= 15 is 0 Å². The molecule has 4 heterocycles. The van der Waals surface area contributed by atoms with Crippen LogP contribution in [0.25, 0.3) is 22.5 Å². The van der Waals surface area contributed by atoms with Gasteiger partial charge in [0.15, 0.2) is 5.69 Å². The van der Waals surface area contributed by atoms with Crippen molar-refractivity contribution < 1.29 is 4.42 Å². The van der Waals surface area contributed by atoms with Gasteiger partial charge in [-0.15, -0.1) is 20.4 Å². The smallest absolute Gasteiger partial charge is 0.268 e. The van der Waals surface area contributed by atoms with Crippen LogP contribution in [-0.4, -0.2) is 34.7 Å². The molecule has 0 radical (unpaired) electrons. The Morgan fingerprint density at radius 1 is 1.17 bits per heavy atom. The van der Waals surface area contributed by atoms with Crippen LogP contribution in [0.5, 0.6) is 0 Å². The zero-order chi connectivity index (χ0) is 16.1. The number of benzene rings is 1. The highest BCUT2D eigenvalue weighted by atomic mass is 16.4. The number of para-hydroxylation sites is 1. The van der Waals surface area contributed by atoms with E-state index in [9.17, 15) is 0 Å². The van der Waals surface area contributed by atoms with Gasteiger partial charge in [-0.3, -0.25) is 4.68 Å². The number of aryl methyl sites for hydroxylation is 2. The zero-order valence-corrected chi connectivity index (χ0v) is 13.1. The Balaban J connectivity index is 1.51. The van der Waals surface area contributed by atoms with Crippen LogP contribution >= 0.6 is 0 Å². The van der Waals surface area contributed by atoms with E-state index in [1.54, 1.807) is 6.33 Å². The van der Waals surface area contributed by atoms with E-state index in [1.807, 2.05) is 40.6 Å². The van der Waals surface area contributed by atoms with Crippen molar-refractivity contribution in [2.75, 3.05) is 0 Å². The molecule has 3 aromatic heterocycles. The van der Waals surface area contributed by atoms with E-state index in [1.165, 1.54) is 0 Å². The normalized spacial score (nSPS) is 17.3. The van der Waals surface area contributed by atoms with Crippen molar-refractivity contribution >= 4 is 10.9 Å². The van der Waals surface area contributed by atoms with Crippen molar-refractivity contribution in [2.24, 2.45) is 7.05 Å². The number of hydrogen-bond acceptors (Lipinski definition) is 6. The summed E-state index contributed by atoms with van der Waals surface area (Å²) in [6, 6.07) is 8.02. The van der Waals surface area contributed by atoms with Gasteiger partial charge in [-0.1, -0.05) is 18.2 Å². The highest BCUT2D eigenvalue weighted by Crippen LogP contribution is 2.31. The topological polar surface area (TPSA) is 87.5 Å². The third-order valence-electron chi connectivity index (χ3n) is 4.58. The summed E-state index contributed by atoms with van der Waals surface area (Å²) >= 11 is 0. The first-order valence-corrected chi connectivity index (χ1v) is 7.92. The van der Waals surface area contributed by atoms with Gasteiger partial charge in [0, 0.05) is 25.4 Å². The van der Waals surface area contributed by atoms with E-state index in [4.69, 9.17) is 4.42 Å². The maximum atomic E-state index is 5.97. The second-order valence-corrected chi connectivity index (χ2v) is 6.07. The summed E-state index contributed by atoms with van der Waals surface area (Å²) in [7, 11) is 1.91. The fourth-order valence-electron chi connectivity index (χ4n) is 3.33. The summed E-state index contributed by atoms with van der Waals surface area (Å²) in [6.07, 6.45) is 3.56. The van der Waals surface area contributed by atoms with Gasteiger partial charge in [0.1, 0.15) is 12.2 Å². The molecule has 0 saturated carbocycles. The Kier molecular flexibility index (Phi) is 2.79. The minimum atomic E-state index is 0.185. The SMILES string of the molecule is Cn1nc(-c2nnc(C3CCc4nncn4C3)o2)c2ccccc21. The molecule has 1 aliphatic heterocycles. The van der Waals surface area contributed by atoms with E-state index in [2.05, 4.69) is 25.5 Å². The number of hydrogen-bond donors (Lipinski definition) is 0. The van der Waals surface area contributed by atoms with Gasteiger partial charge in [0.05, 0.1) is 11.4 Å². The van der Waals surface area contributed by atoms with E-state index in [0.717, 1.165) is 41.8 Å². The predicted molar refractivity (Wildman–Crippen MR) is 85.1 cm³/mol. The number of fused-ring (bicyclic) bond motifs is 2. The molecule has 1 unspecified atom stereocenters. The molecule has 0 N–H and O–H groups in total. The van der Waals surface area contributed by atoms with Gasteiger partial charge in [-0.2, -0.15) is 5.10 Å². The summed E-state index contributed by atoms with van der Waals surface area (Å²) in [5, 5.41) is 22.1. The molecule has 0 spiro atoms. The molecule has 0 bridgehead atoms. The van der Waals surface area contributed by atoms with Crippen LogP contribution in [0.15, 0.2) is 35.0 Å². The van der Waals surface area contributed by atoms with E-state index < -0.39 is 0 Å². The molecular weight excluding hydrogens is 306 g/mol. The van der Waals surface area contributed by atoms with Crippen molar-refractivity contribution in [3.8, 4) is 11.6 Å². The molecule has 1 aliphatic rings. The molecule has 0 amide bonds. The Bertz CT molecular complexity index is 1030. The van der Waals surface area contributed by atoms with Crippen LogP contribution in [0.2, 0.25) is 0 Å². The summed E-state index contributed by atoms with van der Waals surface area (Å²) in [5.41, 5.74) is 1.77. The largest absolute Gasteiger partial charge is 0.419 e. The molecular formula is C16H15N7O. The monoisotopic (exact) mass is 321 g/mol. The average molecular weight is 321 g/mol. The number of rotatable bonds is 2. The molecule has 5 rings (SSSR count). The summed E-state index contributed by atoms with van der Waals surface area (Å²) < 4.78 is 9.85.